The van der Waals surface area contributed by atoms with Crippen LogP contribution in [0.2, 0.25) is 0 Å². The number of esters is 5. The summed E-state index contributed by atoms with van der Waals surface area (Å²) in [5.74, 6) is -16.5. The number of rotatable bonds is 39. The van der Waals surface area contributed by atoms with E-state index in [1.807, 2.05) is 48.5 Å². The Kier molecular flexibility index (Phi) is 36.7. The molecule has 38 heteroatoms. The molecule has 2 fully saturated rings. The third-order valence-electron chi connectivity index (χ3n) is 18.2. The maximum Gasteiger partial charge on any atom is 0.407 e. The van der Waals surface area contributed by atoms with E-state index in [0.717, 1.165) is 70.7 Å². The van der Waals surface area contributed by atoms with Gasteiger partial charge in [-0.15, -0.1) is 0 Å². The number of hydrogen-bond acceptors (Lipinski definition) is 27. The second-order valence-corrected chi connectivity index (χ2v) is 32.0. The molecule has 11 amide bonds. The van der Waals surface area contributed by atoms with Gasteiger partial charge < -0.3 is 111 Å². The highest BCUT2D eigenvalue weighted by molar-refractivity contribution is 5.99. The highest BCUT2D eigenvalue weighted by Gasteiger charge is 2.57. The summed E-state index contributed by atoms with van der Waals surface area (Å²) >= 11 is 0. The summed E-state index contributed by atoms with van der Waals surface area (Å²) in [7, 11) is 0. The molecule has 2 aromatic rings. The number of carbonyl (C=O) groups excluding carboxylic acids is 16. The summed E-state index contributed by atoms with van der Waals surface area (Å²) in [6, 6.07) is 1.00. The van der Waals surface area contributed by atoms with Gasteiger partial charge in [0.2, 0.25) is 59.1 Å². The van der Waals surface area contributed by atoms with Crippen LogP contribution in [-0.2, 0) is 124 Å². The minimum atomic E-state index is -2.13. The predicted molar refractivity (Wildman–Crippen MR) is 414 cm³/mol. The van der Waals surface area contributed by atoms with Crippen LogP contribution in [-0.4, -0.2) is 243 Å². The fraction of sp³-hybridized carbons (Fsp3) is 0.646. The van der Waals surface area contributed by atoms with Crippen LogP contribution in [0, 0.1) is 17.8 Å². The molecule has 2 aromatic carbocycles. The van der Waals surface area contributed by atoms with Crippen LogP contribution < -0.4 is 58.9 Å². The number of carbonyl (C=O) groups is 16. The molecule has 0 bridgehead atoms. The molecule has 17 atom stereocenters. The first kappa shape index (κ1) is 97.1. The quantitative estimate of drug-likeness (QED) is 0.0328. The molecule has 5 rings (SSSR count). The van der Waals surface area contributed by atoms with Crippen LogP contribution in [0.3, 0.4) is 0 Å². The molecule has 2 saturated heterocycles. The van der Waals surface area contributed by atoms with Gasteiger partial charge >= 0.3 is 35.9 Å². The molecule has 650 valence electrons. The summed E-state index contributed by atoms with van der Waals surface area (Å²) < 4.78 is 64.4. The molecule has 117 heavy (non-hydrogen) atoms. The molecule has 2 heterocycles. The predicted octanol–water partition coefficient (Wildman–Crippen LogP) is 0.958. The Hall–Kier alpha value is -10.4. The molecule has 12 N–H and O–H groups in total. The summed E-state index contributed by atoms with van der Waals surface area (Å²) in [6.07, 6.45) is -16.5. The number of amides is 11. The average Bonchev–Trinajstić information content (AvgIpc) is 1.44. The zero-order valence-electron chi connectivity index (χ0n) is 70.0. The van der Waals surface area contributed by atoms with Crippen molar-refractivity contribution in [1.82, 2.24) is 53.2 Å². The van der Waals surface area contributed by atoms with E-state index >= 15 is 14.4 Å². The zero-order valence-corrected chi connectivity index (χ0v) is 70.0. The Labute approximate surface area is 680 Å². The van der Waals surface area contributed by atoms with E-state index in [9.17, 15) is 62.3 Å². The van der Waals surface area contributed by atoms with Crippen LogP contribution in [0.1, 0.15) is 175 Å². The summed E-state index contributed by atoms with van der Waals surface area (Å²) in [5.41, 5.74) is 7.81. The number of nitrogens with one attached hydrogen (secondary N) is 10. The number of hydrogen-bond donors (Lipinski definition) is 11. The Morgan fingerprint density at radius 3 is 1.32 bits per heavy atom. The number of fused-ring (bicyclic) bond motifs is 3. The van der Waals surface area contributed by atoms with Gasteiger partial charge in [-0.05, 0) is 101 Å². The monoisotopic (exact) mass is 1650 g/mol. The van der Waals surface area contributed by atoms with Crippen molar-refractivity contribution in [3.05, 3.63) is 59.7 Å². The van der Waals surface area contributed by atoms with E-state index in [-0.39, 0.29) is 37.2 Å². The standard InChI is InChI=1S/C79H117N11O27/c1-37(2)29-53(84-69(100)40(7)81-77(106)109-32-52-50-27-23-21-25-48(50)49-26-22-24-28-51(49)52)70(101)85-54(30-38(3)4)72(103)90-61(39(5)6)74(105)86-55(71(102)88-57(34-111-79(18,19)20)73(104)87-56(68(80)99)33-110-78(15,16)17)31-60(98)89-75-62(82-41(8)91)66(113-46(13)96)65(58(115-75)35-107-43(10)93)117-76-63(83-42(9)92)67(114-47(14)97)64(112-45(12)95)59(116-76)36-108-44(11)94/h21-28,37-40,52-59,61-67,75-76H,29-36H2,1-20H3,(H2,80,99)(H,81,106)(H,82,91)(H,83,92)(H,84,100)(H,85,101)(H,86,105)(H,87,104)(H,88,102)(H,89,98)(H,90,103)/t40-,53-,54-,55-,56-,57-,58+,59+,61-,62+,63+,64+,65+,66+,67+,75+,76-/m0/s1. The Balaban J connectivity index is 1.53. The van der Waals surface area contributed by atoms with Crippen molar-refractivity contribution in [1.29, 1.82) is 0 Å². The van der Waals surface area contributed by atoms with E-state index < -0.39 is 248 Å². The van der Waals surface area contributed by atoms with Crippen LogP contribution in [0.25, 0.3) is 11.1 Å². The second-order valence-electron chi connectivity index (χ2n) is 32.0. The Morgan fingerprint density at radius 2 is 0.855 bits per heavy atom. The number of alkyl carbamates (subject to hydrolysis) is 1. The van der Waals surface area contributed by atoms with Gasteiger partial charge in [0.05, 0.1) is 30.8 Å². The van der Waals surface area contributed by atoms with Gasteiger partial charge in [-0.2, -0.15) is 0 Å². The van der Waals surface area contributed by atoms with Crippen LogP contribution >= 0.6 is 0 Å². The first-order valence-corrected chi connectivity index (χ1v) is 38.6. The highest BCUT2D eigenvalue weighted by atomic mass is 16.7. The lowest BCUT2D eigenvalue weighted by molar-refractivity contribution is -0.318. The molecular formula is C79H117N11O27. The van der Waals surface area contributed by atoms with Gasteiger partial charge in [-0.1, -0.05) is 90.1 Å². The molecule has 3 aliphatic rings. The molecule has 38 nitrogen and oxygen atoms in total. The minimum absolute atomic E-state index is 0.0416. The lowest BCUT2D eigenvalue weighted by Gasteiger charge is -2.49. The van der Waals surface area contributed by atoms with Crippen molar-refractivity contribution in [2.45, 2.75) is 278 Å². The lowest BCUT2D eigenvalue weighted by atomic mass is 9.93. The van der Waals surface area contributed by atoms with Gasteiger partial charge in [-0.25, -0.2) is 4.79 Å². The molecule has 0 saturated carbocycles. The fourth-order valence-corrected chi connectivity index (χ4v) is 13.0. The summed E-state index contributed by atoms with van der Waals surface area (Å²) in [6.45, 7) is 25.8. The lowest BCUT2D eigenvalue weighted by Crippen LogP contribution is -2.72. The van der Waals surface area contributed by atoms with E-state index in [1.54, 1.807) is 69.2 Å². The molecule has 0 aromatic heterocycles. The van der Waals surface area contributed by atoms with Crippen molar-refractivity contribution in [3.63, 3.8) is 0 Å². The van der Waals surface area contributed by atoms with Gasteiger partial charge in [0, 0.05) is 54.4 Å². The van der Waals surface area contributed by atoms with E-state index in [1.165, 1.54) is 20.8 Å². The zero-order chi connectivity index (χ0) is 87.8. The largest absolute Gasteiger partial charge is 0.463 e. The maximum absolute atomic E-state index is 15.2. The van der Waals surface area contributed by atoms with Crippen molar-refractivity contribution >= 4 is 95.0 Å². The molecule has 1 aliphatic carbocycles. The topological polar surface area (TPSA) is 521 Å². The number of benzene rings is 2. The van der Waals surface area contributed by atoms with E-state index in [2.05, 4.69) is 53.2 Å². The molecule has 0 unspecified atom stereocenters. The molecule has 0 radical (unpaired) electrons. The first-order valence-electron chi connectivity index (χ1n) is 38.6. The smallest absolute Gasteiger partial charge is 0.407 e. The van der Waals surface area contributed by atoms with Crippen LogP contribution in [0.5, 0.6) is 0 Å². The Morgan fingerprint density at radius 1 is 0.436 bits per heavy atom. The van der Waals surface area contributed by atoms with E-state index in [4.69, 9.17) is 57.8 Å². The van der Waals surface area contributed by atoms with Gasteiger partial charge in [0.1, 0.15) is 92.5 Å². The number of nitrogens with two attached hydrogens (primary N) is 1. The normalized spacial score (nSPS) is 21.5. The van der Waals surface area contributed by atoms with Crippen molar-refractivity contribution < 1.29 is 129 Å². The van der Waals surface area contributed by atoms with Gasteiger partial charge in [0.15, 0.2) is 30.8 Å². The van der Waals surface area contributed by atoms with Crippen molar-refractivity contribution in [3.8, 4) is 11.1 Å². The third kappa shape index (κ3) is 31.2. The summed E-state index contributed by atoms with van der Waals surface area (Å²) in [4.78, 5) is 220. The molecule has 2 aliphatic heterocycles. The van der Waals surface area contributed by atoms with Crippen molar-refractivity contribution in [2.24, 2.45) is 23.5 Å². The average molecular weight is 1650 g/mol. The van der Waals surface area contributed by atoms with Gasteiger partial charge in [0.25, 0.3) is 0 Å². The van der Waals surface area contributed by atoms with Crippen LogP contribution in [0.15, 0.2) is 48.5 Å². The molecular weight excluding hydrogens is 1530 g/mol. The molecule has 0 spiro atoms. The van der Waals surface area contributed by atoms with Crippen molar-refractivity contribution in [2.75, 3.05) is 33.0 Å². The van der Waals surface area contributed by atoms with E-state index in [0.29, 0.717) is 0 Å². The maximum atomic E-state index is 15.2. The third-order valence-corrected chi connectivity index (χ3v) is 18.2. The van der Waals surface area contributed by atoms with Crippen LogP contribution in [0.4, 0.5) is 4.79 Å². The first-order chi connectivity index (χ1) is 54.5. The number of primary amides is 1. The Bertz CT molecular complexity index is 3830. The minimum Gasteiger partial charge on any atom is -0.463 e. The number of ether oxygens (including phenoxy) is 11. The fourth-order valence-electron chi connectivity index (χ4n) is 13.0. The SMILES string of the molecule is CC(=O)N[C@@H]1[C@@H](OC(C)=O)[C@H](O[C@@H]2O[C@H](COC(C)=O)[C@@H](OC(C)=O)[C@H](OC(C)=O)[C@H]2NC(C)=O)[C@@H](COC(C)=O)O[C@H]1NC(=O)C[C@H](NC(=O)[C@@H](NC(=O)[C@H](CC(C)C)NC(=O)[C@H](CC(C)C)NC(=O)[C@H](C)NC(=O)OCC1c2ccccc2-c2ccccc21)C(C)C)C(=O)N[C@@H](COC(C)(C)C)C(=O)N[C@@H](COC(C)(C)C)C(N)=O. The second kappa shape index (κ2) is 44.2. The highest BCUT2D eigenvalue weighted by Crippen LogP contribution is 2.45. The van der Waals surface area contributed by atoms with Gasteiger partial charge in [-0.3, -0.25) is 71.9 Å². The summed E-state index contributed by atoms with van der Waals surface area (Å²) in [5, 5.41) is 25.7.